The fraction of sp³-hybridized carbons (Fsp3) is 0.333. The number of nitrogens with one attached hydrogen (secondary N) is 1. The number of carbonyl (C=O) groups is 1. The zero-order valence-electron chi connectivity index (χ0n) is 13.1. The van der Waals surface area contributed by atoms with Gasteiger partial charge in [0.15, 0.2) is 0 Å². The van der Waals surface area contributed by atoms with Gasteiger partial charge in [-0.25, -0.2) is 4.98 Å². The highest BCUT2D eigenvalue weighted by Crippen LogP contribution is 2.24. The molecule has 0 spiro atoms. The highest BCUT2D eigenvalue weighted by molar-refractivity contribution is 6.04. The molecule has 1 fully saturated rings. The molecule has 1 N–H and O–H groups in total. The van der Waals surface area contributed by atoms with Gasteiger partial charge in [-0.1, -0.05) is 6.92 Å². The van der Waals surface area contributed by atoms with Gasteiger partial charge in [-0.2, -0.15) is 4.39 Å². The average molecular weight is 313 g/mol. The van der Waals surface area contributed by atoms with E-state index in [1.807, 2.05) is 24.3 Å². The Bertz CT molecular complexity index is 679. The van der Waals surface area contributed by atoms with Gasteiger partial charge in [0.1, 0.15) is 0 Å². The normalized spacial score (nSPS) is 15.5. The zero-order chi connectivity index (χ0) is 16.2. The van der Waals surface area contributed by atoms with Gasteiger partial charge in [0, 0.05) is 42.3 Å². The second kappa shape index (κ2) is 6.77. The molecule has 0 aliphatic carbocycles. The van der Waals surface area contributed by atoms with Gasteiger partial charge >= 0.3 is 0 Å². The van der Waals surface area contributed by atoms with E-state index in [-0.39, 0.29) is 11.5 Å². The molecule has 0 bridgehead atoms. The monoisotopic (exact) mass is 313 g/mol. The molecular formula is C18H20FN3O. The number of aromatic nitrogens is 1. The van der Waals surface area contributed by atoms with Crippen LogP contribution in [-0.2, 0) is 0 Å². The number of rotatable bonds is 3. The number of hydrogen-bond acceptors (Lipinski definition) is 3. The molecule has 0 unspecified atom stereocenters. The Morgan fingerprint density at radius 1 is 1.22 bits per heavy atom. The molecule has 3 rings (SSSR count). The number of pyridine rings is 1. The molecule has 1 aromatic carbocycles. The highest BCUT2D eigenvalue weighted by Gasteiger charge is 2.16. The van der Waals surface area contributed by atoms with E-state index in [4.69, 9.17) is 0 Å². The Morgan fingerprint density at radius 3 is 2.57 bits per heavy atom. The molecule has 0 saturated carbocycles. The molecule has 2 aromatic rings. The maximum absolute atomic E-state index is 13.1. The summed E-state index contributed by atoms with van der Waals surface area (Å²) in [5.41, 5.74) is 2.12. The van der Waals surface area contributed by atoms with Crippen LogP contribution in [0.15, 0.2) is 42.6 Å². The van der Waals surface area contributed by atoms with Crippen LogP contribution in [0.3, 0.4) is 0 Å². The van der Waals surface area contributed by atoms with Gasteiger partial charge in [0.25, 0.3) is 5.91 Å². The van der Waals surface area contributed by atoms with Gasteiger partial charge in [-0.05, 0) is 49.1 Å². The predicted octanol–water partition coefficient (Wildman–Crippen LogP) is 3.71. The number of halogens is 1. The highest BCUT2D eigenvalue weighted by atomic mass is 19.1. The van der Waals surface area contributed by atoms with Crippen molar-refractivity contribution < 1.29 is 9.18 Å². The smallest absolute Gasteiger partial charge is 0.255 e. The minimum Gasteiger partial charge on any atom is -0.372 e. The average Bonchev–Trinajstić information content (AvgIpc) is 2.56. The van der Waals surface area contributed by atoms with Crippen molar-refractivity contribution in [2.24, 2.45) is 5.92 Å². The molecule has 120 valence electrons. The lowest BCUT2D eigenvalue weighted by atomic mass is 9.99. The van der Waals surface area contributed by atoms with E-state index in [1.54, 1.807) is 0 Å². The fourth-order valence-electron chi connectivity index (χ4n) is 2.77. The molecule has 1 aliphatic rings. The number of hydrogen-bond donors (Lipinski definition) is 1. The number of anilines is 2. The molecular weight excluding hydrogens is 293 g/mol. The van der Waals surface area contributed by atoms with E-state index in [1.165, 1.54) is 30.8 Å². The van der Waals surface area contributed by atoms with Crippen molar-refractivity contribution in [3.63, 3.8) is 0 Å². The molecule has 1 aliphatic heterocycles. The van der Waals surface area contributed by atoms with Crippen molar-refractivity contribution in [3.05, 3.63) is 54.1 Å². The van der Waals surface area contributed by atoms with E-state index in [0.29, 0.717) is 5.69 Å². The van der Waals surface area contributed by atoms with Crippen molar-refractivity contribution in [2.75, 3.05) is 23.3 Å². The van der Waals surface area contributed by atoms with Crippen molar-refractivity contribution in [3.8, 4) is 0 Å². The minimum absolute atomic E-state index is 0.256. The lowest BCUT2D eigenvalue weighted by Gasteiger charge is -2.32. The van der Waals surface area contributed by atoms with E-state index in [9.17, 15) is 9.18 Å². The second-order valence-corrected chi connectivity index (χ2v) is 6.04. The number of carbonyl (C=O) groups excluding carboxylic acids is 1. The summed E-state index contributed by atoms with van der Waals surface area (Å²) in [5, 5.41) is 2.77. The van der Waals surface area contributed by atoms with E-state index >= 15 is 0 Å². The Hall–Kier alpha value is -2.43. The van der Waals surface area contributed by atoms with E-state index < -0.39 is 5.95 Å². The van der Waals surface area contributed by atoms with Crippen LogP contribution in [0.4, 0.5) is 15.8 Å². The van der Waals surface area contributed by atoms with Crippen molar-refractivity contribution in [1.82, 2.24) is 4.98 Å². The maximum atomic E-state index is 13.1. The topological polar surface area (TPSA) is 45.2 Å². The van der Waals surface area contributed by atoms with Gasteiger partial charge < -0.3 is 10.2 Å². The van der Waals surface area contributed by atoms with Crippen LogP contribution in [0.5, 0.6) is 0 Å². The molecule has 1 amide bonds. The molecule has 5 heteroatoms. The third kappa shape index (κ3) is 3.86. The van der Waals surface area contributed by atoms with Crippen LogP contribution in [0.25, 0.3) is 0 Å². The first-order valence-electron chi connectivity index (χ1n) is 7.90. The maximum Gasteiger partial charge on any atom is 0.255 e. The predicted molar refractivity (Wildman–Crippen MR) is 89.2 cm³/mol. The summed E-state index contributed by atoms with van der Waals surface area (Å²) in [6.45, 7) is 4.43. The van der Waals surface area contributed by atoms with Crippen LogP contribution >= 0.6 is 0 Å². The van der Waals surface area contributed by atoms with Crippen molar-refractivity contribution >= 4 is 17.3 Å². The second-order valence-electron chi connectivity index (χ2n) is 6.04. The molecule has 23 heavy (non-hydrogen) atoms. The summed E-state index contributed by atoms with van der Waals surface area (Å²) < 4.78 is 13.1. The summed E-state index contributed by atoms with van der Waals surface area (Å²) in [5.74, 6) is -0.205. The first-order chi connectivity index (χ1) is 11.1. The molecule has 0 atom stereocenters. The Morgan fingerprint density at radius 2 is 1.91 bits per heavy atom. The van der Waals surface area contributed by atoms with Crippen molar-refractivity contribution in [1.29, 1.82) is 0 Å². The summed E-state index contributed by atoms with van der Waals surface area (Å²) in [6.07, 6.45) is 3.71. The third-order valence-corrected chi connectivity index (χ3v) is 4.26. The van der Waals surface area contributed by atoms with Gasteiger partial charge in [0.2, 0.25) is 5.95 Å². The number of benzene rings is 1. The summed E-state index contributed by atoms with van der Waals surface area (Å²) in [6, 6.07) is 10.4. The lowest BCUT2D eigenvalue weighted by Crippen LogP contribution is -2.32. The molecule has 0 radical (unpaired) electrons. The van der Waals surface area contributed by atoms with Crippen LogP contribution in [-0.4, -0.2) is 24.0 Å². The Labute approximate surface area is 135 Å². The Kier molecular flexibility index (Phi) is 4.55. The van der Waals surface area contributed by atoms with Gasteiger partial charge in [-0.15, -0.1) is 0 Å². The van der Waals surface area contributed by atoms with Crippen LogP contribution in [0, 0.1) is 11.9 Å². The SMILES string of the molecule is CC1CCN(c2ccc(NC(=O)c3ccnc(F)c3)cc2)CC1. The van der Waals surface area contributed by atoms with Gasteiger partial charge in [0.05, 0.1) is 0 Å². The van der Waals surface area contributed by atoms with E-state index in [0.717, 1.165) is 25.1 Å². The quantitative estimate of drug-likeness (QED) is 0.879. The zero-order valence-corrected chi connectivity index (χ0v) is 13.1. The largest absolute Gasteiger partial charge is 0.372 e. The number of amides is 1. The fourth-order valence-corrected chi connectivity index (χ4v) is 2.77. The molecule has 1 aromatic heterocycles. The molecule has 2 heterocycles. The van der Waals surface area contributed by atoms with Crippen LogP contribution in [0.1, 0.15) is 30.1 Å². The first-order valence-corrected chi connectivity index (χ1v) is 7.90. The standard InChI is InChI=1S/C18H20FN3O/c1-13-7-10-22(11-8-13)16-4-2-15(3-5-16)21-18(23)14-6-9-20-17(19)12-14/h2-6,9,12-13H,7-8,10-11H2,1H3,(H,21,23). The van der Waals surface area contributed by atoms with Crippen molar-refractivity contribution in [2.45, 2.75) is 19.8 Å². The van der Waals surface area contributed by atoms with Crippen LogP contribution in [0.2, 0.25) is 0 Å². The first kappa shape index (κ1) is 15.5. The number of nitrogens with zero attached hydrogens (tertiary/aromatic N) is 2. The van der Waals surface area contributed by atoms with E-state index in [2.05, 4.69) is 22.1 Å². The van der Waals surface area contributed by atoms with Crippen LogP contribution < -0.4 is 10.2 Å². The summed E-state index contributed by atoms with van der Waals surface area (Å²) in [4.78, 5) is 17.9. The minimum atomic E-state index is -0.660. The number of piperidine rings is 1. The molecule has 4 nitrogen and oxygen atoms in total. The Balaban J connectivity index is 1.64. The third-order valence-electron chi connectivity index (χ3n) is 4.26. The lowest BCUT2D eigenvalue weighted by molar-refractivity contribution is 0.102. The molecule has 1 saturated heterocycles. The van der Waals surface area contributed by atoms with Gasteiger partial charge in [-0.3, -0.25) is 4.79 Å². The summed E-state index contributed by atoms with van der Waals surface area (Å²) >= 11 is 0. The summed E-state index contributed by atoms with van der Waals surface area (Å²) in [7, 11) is 0.